The summed E-state index contributed by atoms with van der Waals surface area (Å²) in [5.74, 6) is 1.00. The standard InChI is InChI=1S/C25H21F3N4O3S/c1-34-18-13-11-17(12-14-18)32-22(15-35-19-7-3-2-4-8-19)30-31-24(32)36-16-23(33)29-21-10-6-5-9-20(21)25(26,27)28/h2-14H,15-16H2,1H3,(H,29,33). The Bertz CT molecular complexity index is 1310. The molecule has 1 heterocycles. The molecule has 0 fully saturated rings. The predicted molar refractivity (Wildman–Crippen MR) is 129 cm³/mol. The highest BCUT2D eigenvalue weighted by Crippen LogP contribution is 2.34. The molecule has 0 aliphatic heterocycles. The molecule has 4 aromatic rings. The number of carbonyl (C=O) groups excluding carboxylic acids is 1. The molecule has 4 rings (SSSR count). The molecule has 7 nitrogen and oxygen atoms in total. The lowest BCUT2D eigenvalue weighted by Gasteiger charge is -2.14. The summed E-state index contributed by atoms with van der Waals surface area (Å²) in [6.45, 7) is 0.106. The van der Waals surface area contributed by atoms with E-state index in [-0.39, 0.29) is 18.0 Å². The molecular weight excluding hydrogens is 493 g/mol. The topological polar surface area (TPSA) is 78.3 Å². The number of benzene rings is 3. The summed E-state index contributed by atoms with van der Waals surface area (Å²) in [7, 11) is 1.56. The number of ether oxygens (including phenoxy) is 2. The first-order valence-electron chi connectivity index (χ1n) is 10.7. The van der Waals surface area contributed by atoms with Gasteiger partial charge in [-0.05, 0) is 48.5 Å². The van der Waals surface area contributed by atoms with Crippen molar-refractivity contribution in [1.29, 1.82) is 0 Å². The van der Waals surface area contributed by atoms with Gasteiger partial charge in [0.2, 0.25) is 5.91 Å². The molecule has 0 radical (unpaired) electrons. The SMILES string of the molecule is COc1ccc(-n2c(COc3ccccc3)nnc2SCC(=O)Nc2ccccc2C(F)(F)F)cc1. The highest BCUT2D eigenvalue weighted by molar-refractivity contribution is 7.99. The van der Waals surface area contributed by atoms with Crippen LogP contribution in [0.25, 0.3) is 5.69 Å². The van der Waals surface area contributed by atoms with Crippen LogP contribution in [-0.2, 0) is 17.6 Å². The second-order valence-corrected chi connectivity index (χ2v) is 8.36. The Labute approximate surface area is 209 Å². The minimum absolute atomic E-state index is 0.106. The van der Waals surface area contributed by atoms with Gasteiger partial charge in [0.05, 0.1) is 24.1 Å². The first-order chi connectivity index (χ1) is 17.3. The fourth-order valence-electron chi connectivity index (χ4n) is 3.30. The molecule has 0 unspecified atom stereocenters. The van der Waals surface area contributed by atoms with E-state index < -0.39 is 17.6 Å². The number of alkyl halides is 3. The monoisotopic (exact) mass is 514 g/mol. The van der Waals surface area contributed by atoms with E-state index in [0.717, 1.165) is 17.8 Å². The molecule has 1 aromatic heterocycles. The number of nitrogens with one attached hydrogen (secondary N) is 1. The molecule has 186 valence electrons. The maximum absolute atomic E-state index is 13.2. The van der Waals surface area contributed by atoms with E-state index in [2.05, 4.69) is 15.5 Å². The van der Waals surface area contributed by atoms with Crippen molar-refractivity contribution < 1.29 is 27.4 Å². The molecule has 36 heavy (non-hydrogen) atoms. The lowest BCUT2D eigenvalue weighted by atomic mass is 10.1. The largest absolute Gasteiger partial charge is 0.497 e. The third kappa shape index (κ3) is 6.16. The zero-order valence-corrected chi connectivity index (χ0v) is 19.8. The van der Waals surface area contributed by atoms with Crippen LogP contribution in [0.4, 0.5) is 18.9 Å². The third-order valence-corrected chi connectivity index (χ3v) is 5.91. The van der Waals surface area contributed by atoms with E-state index in [0.29, 0.717) is 28.2 Å². The maximum atomic E-state index is 13.2. The van der Waals surface area contributed by atoms with Crippen LogP contribution >= 0.6 is 11.8 Å². The number of thioether (sulfide) groups is 1. The quantitative estimate of drug-likeness (QED) is 0.293. The number of hydrogen-bond acceptors (Lipinski definition) is 6. The van der Waals surface area contributed by atoms with Crippen molar-refractivity contribution in [2.24, 2.45) is 0 Å². The molecule has 3 aromatic carbocycles. The van der Waals surface area contributed by atoms with Crippen molar-refractivity contribution in [1.82, 2.24) is 14.8 Å². The number of methoxy groups -OCH3 is 1. The lowest BCUT2D eigenvalue weighted by Crippen LogP contribution is -2.18. The van der Waals surface area contributed by atoms with Gasteiger partial charge in [0.25, 0.3) is 0 Å². The van der Waals surface area contributed by atoms with E-state index in [1.807, 2.05) is 30.3 Å². The number of hydrogen-bond donors (Lipinski definition) is 1. The number of anilines is 1. The molecular formula is C25H21F3N4O3S. The Balaban J connectivity index is 1.53. The van der Waals surface area contributed by atoms with Gasteiger partial charge in [0.1, 0.15) is 18.1 Å². The van der Waals surface area contributed by atoms with Crippen LogP contribution in [0.2, 0.25) is 0 Å². The molecule has 0 atom stereocenters. The van der Waals surface area contributed by atoms with Gasteiger partial charge in [-0.15, -0.1) is 10.2 Å². The average molecular weight is 515 g/mol. The van der Waals surface area contributed by atoms with Crippen LogP contribution < -0.4 is 14.8 Å². The molecule has 0 aliphatic carbocycles. The smallest absolute Gasteiger partial charge is 0.418 e. The molecule has 11 heteroatoms. The first-order valence-corrected chi connectivity index (χ1v) is 11.7. The minimum atomic E-state index is -4.58. The van der Waals surface area contributed by atoms with Gasteiger partial charge in [0.15, 0.2) is 11.0 Å². The maximum Gasteiger partial charge on any atom is 0.418 e. The molecule has 0 aliphatic rings. The van der Waals surface area contributed by atoms with Crippen LogP contribution in [0.3, 0.4) is 0 Å². The Morgan fingerprint density at radius 3 is 2.33 bits per heavy atom. The van der Waals surface area contributed by atoms with E-state index in [1.165, 1.54) is 18.2 Å². The zero-order valence-electron chi connectivity index (χ0n) is 19.0. The van der Waals surface area contributed by atoms with Gasteiger partial charge in [-0.25, -0.2) is 0 Å². The summed E-state index contributed by atoms with van der Waals surface area (Å²) < 4.78 is 52.5. The number of aromatic nitrogens is 3. The summed E-state index contributed by atoms with van der Waals surface area (Å²) >= 11 is 1.04. The lowest BCUT2D eigenvalue weighted by molar-refractivity contribution is -0.137. The molecule has 0 saturated carbocycles. The van der Waals surface area contributed by atoms with Gasteiger partial charge < -0.3 is 14.8 Å². The second-order valence-electron chi connectivity index (χ2n) is 7.41. The number of rotatable bonds is 9. The highest BCUT2D eigenvalue weighted by Gasteiger charge is 2.33. The molecule has 0 bridgehead atoms. The number of para-hydroxylation sites is 2. The van der Waals surface area contributed by atoms with Crippen molar-refractivity contribution in [3.05, 3.63) is 90.3 Å². The van der Waals surface area contributed by atoms with Crippen LogP contribution in [0, 0.1) is 0 Å². The summed E-state index contributed by atoms with van der Waals surface area (Å²) in [4.78, 5) is 12.5. The third-order valence-electron chi connectivity index (χ3n) is 4.98. The number of halogens is 3. The average Bonchev–Trinajstić information content (AvgIpc) is 3.29. The molecule has 1 amide bonds. The molecule has 0 saturated heterocycles. The molecule has 1 N–H and O–H groups in total. The van der Waals surface area contributed by atoms with E-state index in [9.17, 15) is 18.0 Å². The fraction of sp³-hybridized carbons (Fsp3) is 0.160. The van der Waals surface area contributed by atoms with E-state index in [1.54, 1.807) is 35.9 Å². The van der Waals surface area contributed by atoms with Crippen LogP contribution in [0.1, 0.15) is 11.4 Å². The Kier molecular flexibility index (Phi) is 7.79. The highest BCUT2D eigenvalue weighted by atomic mass is 32.2. The van der Waals surface area contributed by atoms with Crippen molar-refractivity contribution in [3.8, 4) is 17.2 Å². The predicted octanol–water partition coefficient (Wildman–Crippen LogP) is 5.60. The second kappa shape index (κ2) is 11.2. The van der Waals surface area contributed by atoms with E-state index >= 15 is 0 Å². The van der Waals surface area contributed by atoms with Gasteiger partial charge in [-0.2, -0.15) is 13.2 Å². The summed E-state index contributed by atoms with van der Waals surface area (Å²) in [6.07, 6.45) is -4.58. The first kappa shape index (κ1) is 25.1. The fourth-order valence-corrected chi connectivity index (χ4v) is 4.07. The van der Waals surface area contributed by atoms with Crippen molar-refractivity contribution in [2.75, 3.05) is 18.2 Å². The number of carbonyl (C=O) groups is 1. The van der Waals surface area contributed by atoms with Gasteiger partial charge in [-0.3, -0.25) is 9.36 Å². The minimum Gasteiger partial charge on any atom is -0.497 e. The zero-order chi connectivity index (χ0) is 25.5. The van der Waals surface area contributed by atoms with Crippen LogP contribution in [-0.4, -0.2) is 33.5 Å². The Hall–Kier alpha value is -3.99. The Morgan fingerprint density at radius 1 is 0.944 bits per heavy atom. The van der Waals surface area contributed by atoms with Crippen LogP contribution in [0.15, 0.2) is 84.0 Å². The van der Waals surface area contributed by atoms with Crippen molar-refractivity contribution >= 4 is 23.4 Å². The summed E-state index contributed by atoms with van der Waals surface area (Å²) in [6, 6.07) is 21.2. The Morgan fingerprint density at radius 2 is 1.64 bits per heavy atom. The summed E-state index contributed by atoms with van der Waals surface area (Å²) in [5.41, 5.74) is -0.507. The van der Waals surface area contributed by atoms with E-state index in [4.69, 9.17) is 9.47 Å². The van der Waals surface area contributed by atoms with Crippen LogP contribution in [0.5, 0.6) is 11.5 Å². The van der Waals surface area contributed by atoms with Crippen molar-refractivity contribution in [3.63, 3.8) is 0 Å². The number of amides is 1. The molecule has 0 spiro atoms. The van der Waals surface area contributed by atoms with Gasteiger partial charge in [0, 0.05) is 5.69 Å². The van der Waals surface area contributed by atoms with Gasteiger partial charge in [-0.1, -0.05) is 42.1 Å². The normalized spacial score (nSPS) is 11.2. The summed E-state index contributed by atoms with van der Waals surface area (Å²) in [5, 5.41) is 11.1. The number of nitrogens with zero attached hydrogens (tertiary/aromatic N) is 3. The van der Waals surface area contributed by atoms with Crippen molar-refractivity contribution in [2.45, 2.75) is 17.9 Å². The van der Waals surface area contributed by atoms with Gasteiger partial charge >= 0.3 is 6.18 Å².